The molecule has 1 saturated heterocycles. The molecule has 1 atom stereocenters. The molecule has 1 N–H and O–H groups in total. The molecular weight excluding hydrogens is 490 g/mol. The Morgan fingerprint density at radius 3 is 2.44 bits per heavy atom. The van der Waals surface area contributed by atoms with E-state index >= 15 is 0 Å². The molecule has 1 unspecified atom stereocenters. The number of aryl methyl sites for hydroxylation is 2. The Morgan fingerprint density at radius 1 is 1.05 bits per heavy atom. The van der Waals surface area contributed by atoms with Crippen molar-refractivity contribution >= 4 is 21.9 Å². The van der Waals surface area contributed by atoms with Crippen LogP contribution in [0.1, 0.15) is 49.6 Å². The number of nitrogens with zero attached hydrogens (tertiary/aromatic N) is 5. The summed E-state index contributed by atoms with van der Waals surface area (Å²) in [5.74, 6) is 1.19. The Bertz CT molecular complexity index is 1620. The number of benzene rings is 2. The topological polar surface area (TPSA) is 87.2 Å². The minimum Gasteiger partial charge on any atom is -0.497 e. The van der Waals surface area contributed by atoms with Gasteiger partial charge < -0.3 is 19.1 Å². The van der Waals surface area contributed by atoms with Crippen molar-refractivity contribution in [2.75, 3.05) is 20.3 Å². The number of rotatable bonds is 6. The van der Waals surface area contributed by atoms with Crippen LogP contribution in [-0.4, -0.2) is 50.0 Å². The lowest BCUT2D eigenvalue weighted by molar-refractivity contribution is 0.0552. The third kappa shape index (κ3) is 4.47. The van der Waals surface area contributed by atoms with E-state index in [1.165, 1.54) is 5.56 Å². The average Bonchev–Trinajstić information content (AvgIpc) is 3.44. The lowest BCUT2D eigenvalue weighted by Crippen LogP contribution is -2.27. The summed E-state index contributed by atoms with van der Waals surface area (Å²) in [5.41, 5.74) is 6.93. The predicted octanol–water partition coefficient (Wildman–Crippen LogP) is 5.55. The van der Waals surface area contributed by atoms with Crippen LogP contribution >= 0.6 is 0 Å². The molecule has 6 rings (SSSR count). The van der Waals surface area contributed by atoms with Gasteiger partial charge in [-0.25, -0.2) is 4.68 Å². The first-order valence-corrected chi connectivity index (χ1v) is 13.5. The fourth-order valence-electron chi connectivity index (χ4n) is 6.04. The van der Waals surface area contributed by atoms with Gasteiger partial charge in [0.25, 0.3) is 0 Å². The molecule has 0 saturated carbocycles. The monoisotopic (exact) mass is 525 g/mol. The highest BCUT2D eigenvalue weighted by molar-refractivity contribution is 6.07. The average molecular weight is 526 g/mol. The Kier molecular flexibility index (Phi) is 6.40. The van der Waals surface area contributed by atoms with E-state index in [2.05, 4.69) is 45.2 Å². The van der Waals surface area contributed by atoms with Crippen molar-refractivity contribution in [3.05, 3.63) is 71.5 Å². The molecule has 0 spiro atoms. The molecule has 8 nitrogen and oxygen atoms in total. The molecule has 39 heavy (non-hydrogen) atoms. The second-order valence-electron chi connectivity index (χ2n) is 11.1. The Hall–Kier alpha value is -3.75. The molecule has 0 aliphatic carbocycles. The first-order chi connectivity index (χ1) is 18.8. The van der Waals surface area contributed by atoms with Gasteiger partial charge in [-0.3, -0.25) is 4.98 Å². The maximum absolute atomic E-state index is 10.9. The van der Waals surface area contributed by atoms with Crippen molar-refractivity contribution in [1.82, 2.24) is 24.5 Å². The van der Waals surface area contributed by atoms with Gasteiger partial charge in [-0.15, -0.1) is 5.10 Å². The molecule has 1 fully saturated rings. The molecule has 2 aromatic carbocycles. The van der Waals surface area contributed by atoms with E-state index < -0.39 is 5.60 Å². The van der Waals surface area contributed by atoms with Crippen LogP contribution in [0, 0.1) is 12.8 Å². The summed E-state index contributed by atoms with van der Waals surface area (Å²) in [7, 11) is 3.60. The molecule has 202 valence electrons. The summed E-state index contributed by atoms with van der Waals surface area (Å²) in [5, 5.41) is 20.5. The normalized spacial score (nSPS) is 15.7. The van der Waals surface area contributed by atoms with Crippen LogP contribution in [0.25, 0.3) is 33.2 Å². The van der Waals surface area contributed by atoms with E-state index in [1.807, 2.05) is 52.2 Å². The molecule has 0 amide bonds. The quantitative estimate of drug-likeness (QED) is 0.313. The number of aliphatic hydroxyl groups is 1. The minimum atomic E-state index is -0.972. The maximum atomic E-state index is 10.9. The fourth-order valence-corrected chi connectivity index (χ4v) is 6.04. The standard InChI is InChI=1S/C31H35N5O3/c1-19-29(35(4)34-33-19)22-16-27-28(32-18-22)25-11-8-23(31(2,3)37)17-26(25)36(27)30(21-12-14-39-15-13-21)20-6-9-24(38-5)10-7-20/h6-11,16-18,21,30,37H,12-15H2,1-5H3. The van der Waals surface area contributed by atoms with E-state index in [9.17, 15) is 5.11 Å². The lowest BCUT2D eigenvalue weighted by Gasteiger charge is -2.33. The molecule has 0 radical (unpaired) electrons. The van der Waals surface area contributed by atoms with Crippen LogP contribution in [-0.2, 0) is 17.4 Å². The van der Waals surface area contributed by atoms with E-state index in [0.717, 1.165) is 76.3 Å². The minimum absolute atomic E-state index is 0.0414. The molecular formula is C31H35N5O3. The second kappa shape index (κ2) is 9.77. The molecule has 3 aromatic heterocycles. The van der Waals surface area contributed by atoms with Gasteiger partial charge in [-0.1, -0.05) is 29.5 Å². The van der Waals surface area contributed by atoms with Crippen molar-refractivity contribution in [3.63, 3.8) is 0 Å². The summed E-state index contributed by atoms with van der Waals surface area (Å²) in [6.07, 6.45) is 3.83. The number of ether oxygens (including phenoxy) is 2. The second-order valence-corrected chi connectivity index (χ2v) is 11.1. The zero-order valence-electron chi connectivity index (χ0n) is 23.2. The van der Waals surface area contributed by atoms with Gasteiger partial charge >= 0.3 is 0 Å². The smallest absolute Gasteiger partial charge is 0.118 e. The van der Waals surface area contributed by atoms with Crippen LogP contribution in [0.5, 0.6) is 5.75 Å². The summed E-state index contributed by atoms with van der Waals surface area (Å²) in [6.45, 7) is 7.11. The Morgan fingerprint density at radius 2 is 1.79 bits per heavy atom. The zero-order chi connectivity index (χ0) is 27.3. The van der Waals surface area contributed by atoms with Gasteiger partial charge in [0, 0.05) is 37.4 Å². The lowest BCUT2D eigenvalue weighted by atomic mass is 9.86. The third-order valence-corrected chi connectivity index (χ3v) is 8.06. The van der Waals surface area contributed by atoms with Crippen molar-refractivity contribution in [3.8, 4) is 17.0 Å². The summed E-state index contributed by atoms with van der Waals surface area (Å²) in [4.78, 5) is 5.01. The van der Waals surface area contributed by atoms with Crippen LogP contribution in [0.2, 0.25) is 0 Å². The van der Waals surface area contributed by atoms with Crippen molar-refractivity contribution in [2.45, 2.75) is 45.3 Å². The fraction of sp³-hybridized carbons (Fsp3) is 0.387. The van der Waals surface area contributed by atoms with Crippen LogP contribution in [0.15, 0.2) is 54.7 Å². The van der Waals surface area contributed by atoms with Crippen LogP contribution in [0.3, 0.4) is 0 Å². The first kappa shape index (κ1) is 25.5. The Balaban J connectivity index is 1.68. The van der Waals surface area contributed by atoms with Crippen LogP contribution < -0.4 is 4.74 Å². The molecule has 4 heterocycles. The first-order valence-electron chi connectivity index (χ1n) is 13.5. The van der Waals surface area contributed by atoms with Crippen molar-refractivity contribution < 1.29 is 14.6 Å². The number of pyridine rings is 1. The van der Waals surface area contributed by atoms with Gasteiger partial charge in [-0.2, -0.15) is 0 Å². The van der Waals surface area contributed by atoms with Crippen molar-refractivity contribution in [2.24, 2.45) is 13.0 Å². The highest BCUT2D eigenvalue weighted by Gasteiger charge is 2.31. The van der Waals surface area contributed by atoms with Gasteiger partial charge in [0.1, 0.15) is 5.75 Å². The molecule has 8 heteroatoms. The van der Waals surface area contributed by atoms with Crippen molar-refractivity contribution in [1.29, 1.82) is 0 Å². The Labute approximate surface area is 228 Å². The van der Waals surface area contributed by atoms with Gasteiger partial charge in [-0.05, 0) is 74.9 Å². The molecule has 1 aliphatic rings. The van der Waals surface area contributed by atoms with E-state index in [1.54, 1.807) is 11.8 Å². The summed E-state index contributed by atoms with van der Waals surface area (Å²) < 4.78 is 15.5. The summed E-state index contributed by atoms with van der Waals surface area (Å²) in [6, 6.07) is 16.9. The maximum Gasteiger partial charge on any atom is 0.118 e. The largest absolute Gasteiger partial charge is 0.497 e. The number of hydrogen-bond acceptors (Lipinski definition) is 6. The van der Waals surface area contributed by atoms with E-state index in [0.29, 0.717) is 5.92 Å². The number of hydrogen-bond donors (Lipinski definition) is 1. The van der Waals surface area contributed by atoms with Gasteiger partial charge in [0.05, 0.1) is 46.7 Å². The third-order valence-electron chi connectivity index (χ3n) is 8.06. The number of aromatic nitrogens is 5. The molecule has 0 bridgehead atoms. The van der Waals surface area contributed by atoms with Crippen LogP contribution in [0.4, 0.5) is 0 Å². The number of fused-ring (bicyclic) bond motifs is 3. The number of methoxy groups -OCH3 is 1. The molecule has 1 aliphatic heterocycles. The predicted molar refractivity (Wildman–Crippen MR) is 152 cm³/mol. The van der Waals surface area contributed by atoms with E-state index in [-0.39, 0.29) is 6.04 Å². The summed E-state index contributed by atoms with van der Waals surface area (Å²) >= 11 is 0. The van der Waals surface area contributed by atoms with E-state index in [4.69, 9.17) is 14.5 Å². The SMILES string of the molecule is COc1ccc(C(C2CCOCC2)n2c3cc(C(C)(C)O)ccc3c3ncc(-c4c(C)nnn4C)cc32)cc1. The highest BCUT2D eigenvalue weighted by atomic mass is 16.5. The highest BCUT2D eigenvalue weighted by Crippen LogP contribution is 2.42. The zero-order valence-corrected chi connectivity index (χ0v) is 23.2. The van der Waals surface area contributed by atoms with Gasteiger partial charge in [0.2, 0.25) is 0 Å². The van der Waals surface area contributed by atoms with Gasteiger partial charge in [0.15, 0.2) is 0 Å². The molecule has 5 aromatic rings.